The molecular weight excluding hydrogens is 258 g/mol. The second kappa shape index (κ2) is 11.0. The highest BCUT2D eigenvalue weighted by Gasteiger charge is 2.13. The molecule has 6 nitrogen and oxygen atoms in total. The molecule has 0 aliphatic heterocycles. The number of methoxy groups -OCH3 is 1. The predicted octanol–water partition coefficient (Wildman–Crippen LogP) is 1.45. The molecule has 1 rings (SSSR count). The van der Waals surface area contributed by atoms with Gasteiger partial charge in [0.15, 0.2) is 0 Å². The molecule has 6 heteroatoms. The lowest BCUT2D eigenvalue weighted by molar-refractivity contribution is 0.0602. The molecule has 0 spiro atoms. The van der Waals surface area contributed by atoms with Crippen molar-refractivity contribution in [1.82, 2.24) is 5.32 Å². The molecule has 0 atom stereocenters. The van der Waals surface area contributed by atoms with Crippen LogP contribution in [0.2, 0.25) is 0 Å². The Labute approximate surface area is 119 Å². The number of hydrogen-bond donors (Lipinski definition) is 4. The minimum Gasteiger partial charge on any atom is -0.465 e. The molecule has 0 heterocycles. The summed E-state index contributed by atoms with van der Waals surface area (Å²) < 4.78 is 4.69. The number of anilines is 1. The molecule has 0 aliphatic rings. The van der Waals surface area contributed by atoms with Gasteiger partial charge in [0.1, 0.15) is 0 Å². The van der Waals surface area contributed by atoms with E-state index >= 15 is 0 Å². The van der Waals surface area contributed by atoms with Crippen LogP contribution >= 0.6 is 0 Å². The number of benzene rings is 1. The Hall–Kier alpha value is -1.92. The van der Waals surface area contributed by atoms with Crippen molar-refractivity contribution in [1.29, 1.82) is 5.41 Å². The van der Waals surface area contributed by atoms with Crippen molar-refractivity contribution in [2.75, 3.05) is 32.2 Å². The van der Waals surface area contributed by atoms with Crippen molar-refractivity contribution < 1.29 is 14.6 Å². The van der Waals surface area contributed by atoms with Gasteiger partial charge in [0, 0.05) is 24.9 Å². The fourth-order valence-electron chi connectivity index (χ4n) is 1.52. The Morgan fingerprint density at radius 3 is 2.65 bits per heavy atom. The molecule has 4 N–H and O–H groups in total. The molecular formula is C14H23N3O3. The lowest BCUT2D eigenvalue weighted by atomic mass is 10.1. The molecule has 1 aromatic carbocycles. The zero-order valence-corrected chi connectivity index (χ0v) is 12.2. The Balaban J connectivity index is 0.00000172. The number of para-hydroxylation sites is 1. The van der Waals surface area contributed by atoms with Crippen LogP contribution in [0.1, 0.15) is 29.8 Å². The Morgan fingerprint density at radius 2 is 2.10 bits per heavy atom. The summed E-state index contributed by atoms with van der Waals surface area (Å²) in [6.07, 6.45) is 1.17. The van der Waals surface area contributed by atoms with Gasteiger partial charge in [-0.2, -0.15) is 0 Å². The Kier molecular flexibility index (Phi) is 9.90. The smallest absolute Gasteiger partial charge is 0.339 e. The van der Waals surface area contributed by atoms with Gasteiger partial charge in [0.05, 0.1) is 25.1 Å². The van der Waals surface area contributed by atoms with Crippen molar-refractivity contribution in [3.63, 3.8) is 0 Å². The lowest BCUT2D eigenvalue weighted by Gasteiger charge is -2.13. The van der Waals surface area contributed by atoms with E-state index in [0.717, 1.165) is 0 Å². The minimum atomic E-state index is -0.448. The van der Waals surface area contributed by atoms with Gasteiger partial charge < -0.3 is 20.6 Å². The first-order chi connectivity index (χ1) is 9.74. The van der Waals surface area contributed by atoms with E-state index in [4.69, 9.17) is 15.3 Å². The summed E-state index contributed by atoms with van der Waals surface area (Å²) in [5.41, 5.74) is 1.57. The zero-order chi connectivity index (χ0) is 15.4. The average Bonchev–Trinajstić information content (AvgIpc) is 2.52. The van der Waals surface area contributed by atoms with Crippen molar-refractivity contribution in [2.24, 2.45) is 0 Å². The topological polar surface area (TPSA) is 94.4 Å². The molecule has 0 amide bonds. The third-order valence-corrected chi connectivity index (χ3v) is 2.37. The Morgan fingerprint density at radius 1 is 1.40 bits per heavy atom. The number of ether oxygens (including phenoxy) is 1. The van der Waals surface area contributed by atoms with E-state index in [1.807, 2.05) is 13.8 Å². The Bertz CT molecular complexity index is 422. The maximum absolute atomic E-state index is 11.6. The molecule has 0 aliphatic carbocycles. The van der Waals surface area contributed by atoms with E-state index in [1.54, 1.807) is 18.2 Å². The summed E-state index contributed by atoms with van der Waals surface area (Å²) in [5.74, 6) is -0.448. The molecule has 0 radical (unpaired) electrons. The normalized spacial score (nSPS) is 9.20. The van der Waals surface area contributed by atoms with Crippen LogP contribution in [-0.2, 0) is 4.74 Å². The summed E-state index contributed by atoms with van der Waals surface area (Å²) in [6.45, 7) is 4.97. The van der Waals surface area contributed by atoms with Crippen LogP contribution in [0, 0.1) is 5.41 Å². The molecule has 0 unspecified atom stereocenters. The molecule has 0 fully saturated rings. The number of aliphatic hydroxyl groups excluding tert-OH is 1. The highest BCUT2D eigenvalue weighted by atomic mass is 16.5. The molecule has 0 saturated heterocycles. The average molecular weight is 281 g/mol. The third kappa shape index (κ3) is 5.38. The van der Waals surface area contributed by atoms with Gasteiger partial charge >= 0.3 is 5.97 Å². The van der Waals surface area contributed by atoms with Crippen LogP contribution in [0.15, 0.2) is 18.2 Å². The lowest BCUT2D eigenvalue weighted by Crippen LogP contribution is -2.24. The maximum atomic E-state index is 11.6. The van der Waals surface area contributed by atoms with Gasteiger partial charge in [-0.1, -0.05) is 26.0 Å². The summed E-state index contributed by atoms with van der Waals surface area (Å²) in [5, 5.41) is 21.7. The zero-order valence-electron chi connectivity index (χ0n) is 12.2. The van der Waals surface area contributed by atoms with Gasteiger partial charge in [0.25, 0.3) is 0 Å². The first-order valence-electron chi connectivity index (χ1n) is 6.51. The number of carbonyl (C=O) groups is 1. The van der Waals surface area contributed by atoms with Crippen LogP contribution in [0.25, 0.3) is 0 Å². The quantitative estimate of drug-likeness (QED) is 0.263. The van der Waals surface area contributed by atoms with E-state index in [0.29, 0.717) is 29.9 Å². The highest BCUT2D eigenvalue weighted by Crippen LogP contribution is 2.20. The number of hydrogen-bond acceptors (Lipinski definition) is 6. The largest absolute Gasteiger partial charge is 0.465 e. The van der Waals surface area contributed by atoms with Crippen LogP contribution in [0.4, 0.5) is 5.69 Å². The number of aliphatic hydroxyl groups is 1. The second-order valence-electron chi connectivity index (χ2n) is 3.49. The predicted molar refractivity (Wildman–Crippen MR) is 80.6 cm³/mol. The summed E-state index contributed by atoms with van der Waals surface area (Å²) >= 11 is 0. The van der Waals surface area contributed by atoms with Gasteiger partial charge in [-0.3, -0.25) is 5.32 Å². The number of rotatable bonds is 7. The summed E-state index contributed by atoms with van der Waals surface area (Å²) in [4.78, 5) is 11.6. The van der Waals surface area contributed by atoms with Crippen molar-refractivity contribution in [2.45, 2.75) is 13.8 Å². The van der Waals surface area contributed by atoms with Gasteiger partial charge in [-0.15, -0.1) is 0 Å². The minimum absolute atomic E-state index is 0.0994. The fraction of sp³-hybridized carbons (Fsp3) is 0.429. The van der Waals surface area contributed by atoms with E-state index < -0.39 is 5.97 Å². The van der Waals surface area contributed by atoms with Gasteiger partial charge in [-0.25, -0.2) is 4.79 Å². The second-order valence-corrected chi connectivity index (χ2v) is 3.49. The van der Waals surface area contributed by atoms with E-state index in [9.17, 15) is 4.79 Å². The number of nitrogens with one attached hydrogen (secondary N) is 3. The van der Waals surface area contributed by atoms with Crippen molar-refractivity contribution >= 4 is 17.9 Å². The summed E-state index contributed by atoms with van der Waals surface area (Å²) in [6, 6.07) is 5.08. The van der Waals surface area contributed by atoms with Crippen LogP contribution < -0.4 is 10.6 Å². The molecule has 0 saturated carbocycles. The monoisotopic (exact) mass is 281 g/mol. The molecule has 20 heavy (non-hydrogen) atoms. The first-order valence-corrected chi connectivity index (χ1v) is 6.51. The van der Waals surface area contributed by atoms with Gasteiger partial charge in [-0.05, 0) is 6.07 Å². The summed E-state index contributed by atoms with van der Waals surface area (Å²) in [7, 11) is 1.32. The number of esters is 1. The fourth-order valence-corrected chi connectivity index (χ4v) is 1.52. The molecule has 0 bridgehead atoms. The SMILES string of the molecule is CC.COC(=O)c1cccc(C=N)c1NCCNCO. The highest BCUT2D eigenvalue weighted by molar-refractivity contribution is 6.01. The van der Waals surface area contributed by atoms with Crippen molar-refractivity contribution in [3.05, 3.63) is 29.3 Å². The van der Waals surface area contributed by atoms with Crippen LogP contribution in [0.5, 0.6) is 0 Å². The van der Waals surface area contributed by atoms with E-state index in [1.165, 1.54) is 13.3 Å². The van der Waals surface area contributed by atoms with E-state index in [2.05, 4.69) is 10.6 Å². The third-order valence-electron chi connectivity index (χ3n) is 2.37. The van der Waals surface area contributed by atoms with E-state index in [-0.39, 0.29) is 6.73 Å². The van der Waals surface area contributed by atoms with Crippen molar-refractivity contribution in [3.8, 4) is 0 Å². The van der Waals surface area contributed by atoms with Crippen LogP contribution in [-0.4, -0.2) is 44.2 Å². The molecule has 112 valence electrons. The first kappa shape index (κ1) is 18.1. The standard InChI is InChI=1S/C12H17N3O3.C2H6/c1-18-12(17)10-4-2-3-9(7-13)11(10)15-6-5-14-8-16;1-2/h2-4,7,13-16H,5-6,8H2,1H3;1-2H3. The molecule has 0 aromatic heterocycles. The maximum Gasteiger partial charge on any atom is 0.339 e. The van der Waals surface area contributed by atoms with Crippen LogP contribution in [0.3, 0.4) is 0 Å². The van der Waals surface area contributed by atoms with Gasteiger partial charge in [0.2, 0.25) is 0 Å². The molecule has 1 aromatic rings. The number of carbonyl (C=O) groups excluding carboxylic acids is 1.